The molecule has 0 spiro atoms. The lowest BCUT2D eigenvalue weighted by Crippen LogP contribution is -2.28. The van der Waals surface area contributed by atoms with Gasteiger partial charge < -0.3 is 9.72 Å². The molecule has 0 fully saturated rings. The lowest BCUT2D eigenvalue weighted by Gasteiger charge is -2.20. The zero-order valence-corrected chi connectivity index (χ0v) is 13.9. The summed E-state index contributed by atoms with van der Waals surface area (Å²) < 4.78 is 5.61. The van der Waals surface area contributed by atoms with E-state index in [1.54, 1.807) is 27.0 Å². The Morgan fingerprint density at radius 3 is 2.65 bits per heavy atom. The molecule has 0 aliphatic carbocycles. The van der Waals surface area contributed by atoms with E-state index >= 15 is 0 Å². The highest BCUT2D eigenvalue weighted by Crippen LogP contribution is 2.37. The van der Waals surface area contributed by atoms with E-state index in [1.165, 1.54) is 6.07 Å². The Kier molecular flexibility index (Phi) is 4.45. The Morgan fingerprint density at radius 1 is 1.48 bits per heavy atom. The highest BCUT2D eigenvalue weighted by Gasteiger charge is 2.25. The number of nitrogens with zero attached hydrogens (tertiary/aromatic N) is 4. The monoisotopic (exact) mass is 355 g/mol. The van der Waals surface area contributed by atoms with Crippen molar-refractivity contribution in [2.75, 3.05) is 0 Å². The molecular weight excluding hydrogens is 345 g/mol. The minimum atomic E-state index is -0.681. The summed E-state index contributed by atoms with van der Waals surface area (Å²) in [7, 11) is 0. The van der Waals surface area contributed by atoms with E-state index in [-0.39, 0.29) is 32.4 Å². The van der Waals surface area contributed by atoms with Gasteiger partial charge >= 0.3 is 5.69 Å². The molecule has 0 aliphatic rings. The number of nitrogens with one attached hydrogen (secondary N) is 1. The standard InChI is InChI=1S/C13H11Cl2N5O3/c1-13(2,3)23-12-11(17-5-16)18-7-4-6(14)8(15)10(20(21)22)9(7)19-12/h4H,1-3H3,(H,17,18). The topological polar surface area (TPSA) is 117 Å². The number of hydrogen-bond acceptors (Lipinski definition) is 6. The number of aromatic nitrogens is 2. The van der Waals surface area contributed by atoms with Crippen LogP contribution < -0.4 is 10.2 Å². The normalized spacial score (nSPS) is 12.3. The van der Waals surface area contributed by atoms with Gasteiger partial charge in [0, 0.05) is 0 Å². The van der Waals surface area contributed by atoms with Gasteiger partial charge in [0.1, 0.15) is 10.6 Å². The van der Waals surface area contributed by atoms with E-state index < -0.39 is 16.2 Å². The summed E-state index contributed by atoms with van der Waals surface area (Å²) in [6.07, 6.45) is 1.62. The summed E-state index contributed by atoms with van der Waals surface area (Å²) in [6, 6.07) is 1.37. The van der Waals surface area contributed by atoms with Crippen LogP contribution in [0.1, 0.15) is 20.8 Å². The van der Waals surface area contributed by atoms with Crippen molar-refractivity contribution in [3.63, 3.8) is 0 Å². The van der Waals surface area contributed by atoms with Crippen LogP contribution in [0.3, 0.4) is 0 Å². The summed E-state index contributed by atoms with van der Waals surface area (Å²) in [5, 5.41) is 19.8. The number of nitro benzene ring substituents is 1. The Bertz CT molecular complexity index is 909. The predicted octanol–water partition coefficient (Wildman–Crippen LogP) is 3.34. The van der Waals surface area contributed by atoms with E-state index in [9.17, 15) is 10.1 Å². The zero-order valence-electron chi connectivity index (χ0n) is 12.3. The first kappa shape index (κ1) is 17.0. The number of nitriles is 1. The van der Waals surface area contributed by atoms with E-state index in [0.29, 0.717) is 0 Å². The largest absolute Gasteiger partial charge is 0.469 e. The minimum Gasteiger partial charge on any atom is -0.469 e. The molecule has 0 bridgehead atoms. The van der Waals surface area contributed by atoms with E-state index in [2.05, 4.69) is 15.0 Å². The fraction of sp³-hybridized carbons (Fsp3) is 0.308. The smallest absolute Gasteiger partial charge is 0.317 e. The van der Waals surface area contributed by atoms with Crippen molar-refractivity contribution in [2.24, 2.45) is 4.99 Å². The molecule has 10 heteroatoms. The molecule has 1 aromatic heterocycles. The van der Waals surface area contributed by atoms with Gasteiger partial charge in [-0.25, -0.2) is 4.98 Å². The molecule has 8 nitrogen and oxygen atoms in total. The van der Waals surface area contributed by atoms with Crippen molar-refractivity contribution < 1.29 is 9.66 Å². The molecule has 0 unspecified atom stereocenters. The van der Waals surface area contributed by atoms with Crippen molar-refractivity contribution in [1.82, 2.24) is 9.97 Å². The first-order chi connectivity index (χ1) is 10.6. The molecular formula is C13H11Cl2N5O3. The van der Waals surface area contributed by atoms with Gasteiger partial charge in [-0.3, -0.25) is 10.1 Å². The molecule has 1 N–H and O–H groups in total. The van der Waals surface area contributed by atoms with E-state index in [4.69, 9.17) is 33.2 Å². The minimum absolute atomic E-state index is 0.0173. The van der Waals surface area contributed by atoms with Crippen LogP contribution in [0.25, 0.3) is 11.0 Å². The summed E-state index contributed by atoms with van der Waals surface area (Å²) in [5.74, 6) is -0.0481. The van der Waals surface area contributed by atoms with Gasteiger partial charge in [-0.05, 0) is 26.8 Å². The fourth-order valence-electron chi connectivity index (χ4n) is 1.80. The number of fused-ring (bicyclic) bond motifs is 1. The molecule has 0 atom stereocenters. The van der Waals surface area contributed by atoms with Crippen molar-refractivity contribution >= 4 is 39.9 Å². The number of rotatable bonds is 2. The molecule has 0 saturated heterocycles. The van der Waals surface area contributed by atoms with Crippen LogP contribution in [0.4, 0.5) is 5.69 Å². The van der Waals surface area contributed by atoms with Crippen LogP contribution in [-0.4, -0.2) is 20.5 Å². The molecule has 0 saturated carbocycles. The SMILES string of the molecule is CC(C)(C)Oc1nc2c([N+](=O)[O-])c(Cl)c(Cl)cc2[nH]/c1=N\C#N. The summed E-state index contributed by atoms with van der Waals surface area (Å²) in [4.78, 5) is 21.1. The zero-order chi connectivity index (χ0) is 17.4. The highest BCUT2D eigenvalue weighted by molar-refractivity contribution is 6.44. The van der Waals surface area contributed by atoms with Crippen molar-refractivity contribution in [3.05, 3.63) is 31.7 Å². The van der Waals surface area contributed by atoms with Crippen LogP contribution in [0.2, 0.25) is 10.0 Å². The number of H-pyrrole nitrogens is 1. The number of aromatic amines is 1. The van der Waals surface area contributed by atoms with Crippen LogP contribution in [-0.2, 0) is 0 Å². The van der Waals surface area contributed by atoms with Gasteiger partial charge in [-0.15, -0.1) is 4.99 Å². The predicted molar refractivity (Wildman–Crippen MR) is 84.3 cm³/mol. The molecule has 1 heterocycles. The van der Waals surface area contributed by atoms with Crippen LogP contribution in [0, 0.1) is 21.6 Å². The number of ether oxygens (including phenoxy) is 1. The quantitative estimate of drug-likeness (QED) is 0.503. The third-order valence-corrected chi connectivity index (χ3v) is 3.36. The number of nitro groups is 1. The van der Waals surface area contributed by atoms with Crippen molar-refractivity contribution in [2.45, 2.75) is 26.4 Å². The molecule has 1 aromatic carbocycles. The molecule has 0 aliphatic heterocycles. The summed E-state index contributed by atoms with van der Waals surface area (Å²) in [5.41, 5.74) is -0.906. The average Bonchev–Trinajstić information content (AvgIpc) is 2.40. The van der Waals surface area contributed by atoms with Gasteiger partial charge in [0.25, 0.3) is 5.88 Å². The van der Waals surface area contributed by atoms with Crippen LogP contribution in [0.15, 0.2) is 11.1 Å². The van der Waals surface area contributed by atoms with Gasteiger partial charge in [0.05, 0.1) is 15.5 Å². The summed E-state index contributed by atoms with van der Waals surface area (Å²) >= 11 is 11.8. The second-order valence-electron chi connectivity index (χ2n) is 5.49. The van der Waals surface area contributed by atoms with Crippen molar-refractivity contribution in [3.8, 4) is 12.1 Å². The summed E-state index contributed by atoms with van der Waals surface area (Å²) in [6.45, 7) is 5.29. The fourth-order valence-corrected chi connectivity index (χ4v) is 2.21. The average molecular weight is 356 g/mol. The van der Waals surface area contributed by atoms with E-state index in [0.717, 1.165) is 0 Å². The Balaban J connectivity index is 2.92. The number of hydrogen-bond donors (Lipinski definition) is 1. The van der Waals surface area contributed by atoms with Crippen molar-refractivity contribution in [1.29, 1.82) is 5.26 Å². The first-order valence-electron chi connectivity index (χ1n) is 6.32. The maximum atomic E-state index is 11.3. The second kappa shape index (κ2) is 6.02. The molecule has 0 amide bonds. The maximum absolute atomic E-state index is 11.3. The molecule has 120 valence electrons. The number of benzene rings is 1. The molecule has 23 heavy (non-hydrogen) atoms. The molecule has 2 rings (SSSR count). The Morgan fingerprint density at radius 2 is 2.13 bits per heavy atom. The third-order valence-electron chi connectivity index (χ3n) is 2.58. The van der Waals surface area contributed by atoms with Crippen LogP contribution >= 0.6 is 23.2 Å². The second-order valence-corrected chi connectivity index (χ2v) is 6.28. The maximum Gasteiger partial charge on any atom is 0.317 e. The highest BCUT2D eigenvalue weighted by atomic mass is 35.5. The van der Waals surface area contributed by atoms with E-state index in [1.807, 2.05) is 0 Å². The number of halogens is 2. The van der Waals surface area contributed by atoms with Gasteiger partial charge in [0.2, 0.25) is 11.7 Å². The Hall–Kier alpha value is -2.37. The molecule has 2 aromatic rings. The third kappa shape index (κ3) is 3.52. The van der Waals surface area contributed by atoms with Gasteiger partial charge in [-0.2, -0.15) is 5.26 Å². The Labute approximate surface area is 140 Å². The van der Waals surface area contributed by atoms with Crippen LogP contribution in [0.5, 0.6) is 5.88 Å². The van der Waals surface area contributed by atoms with Gasteiger partial charge in [-0.1, -0.05) is 23.2 Å². The molecule has 0 radical (unpaired) electrons. The van der Waals surface area contributed by atoms with Gasteiger partial charge in [0.15, 0.2) is 5.52 Å². The lowest BCUT2D eigenvalue weighted by molar-refractivity contribution is -0.383. The lowest BCUT2D eigenvalue weighted by atomic mass is 10.2. The first-order valence-corrected chi connectivity index (χ1v) is 7.08.